The third kappa shape index (κ3) is 3.80. The lowest BCUT2D eigenvalue weighted by atomic mass is 10.1. The van der Waals surface area contributed by atoms with Crippen molar-refractivity contribution in [1.82, 2.24) is 14.8 Å². The van der Waals surface area contributed by atoms with E-state index in [2.05, 4.69) is 10.1 Å². The SMILES string of the molecule is Cc1cc(C)n(-c2ccc(C(=O)OCC(=O)c3ccccc3)cn2)n1. The number of esters is 1. The van der Waals surface area contributed by atoms with Gasteiger partial charge in [0.1, 0.15) is 0 Å². The summed E-state index contributed by atoms with van der Waals surface area (Å²) in [5.41, 5.74) is 2.63. The number of benzene rings is 1. The minimum absolute atomic E-state index is 0.249. The van der Waals surface area contributed by atoms with Crippen molar-refractivity contribution in [2.45, 2.75) is 13.8 Å². The third-order valence-electron chi connectivity index (χ3n) is 3.64. The fourth-order valence-corrected chi connectivity index (χ4v) is 2.41. The predicted molar refractivity (Wildman–Crippen MR) is 91.9 cm³/mol. The summed E-state index contributed by atoms with van der Waals surface area (Å²) in [6, 6.07) is 13.9. The lowest BCUT2D eigenvalue weighted by Crippen LogP contribution is -2.14. The maximum atomic E-state index is 12.1. The maximum Gasteiger partial charge on any atom is 0.340 e. The number of ketones is 1. The van der Waals surface area contributed by atoms with E-state index in [4.69, 9.17) is 4.74 Å². The van der Waals surface area contributed by atoms with E-state index in [9.17, 15) is 9.59 Å². The molecule has 25 heavy (non-hydrogen) atoms. The van der Waals surface area contributed by atoms with Crippen molar-refractivity contribution in [1.29, 1.82) is 0 Å². The van der Waals surface area contributed by atoms with Crippen LogP contribution in [0.4, 0.5) is 0 Å². The molecule has 0 amide bonds. The molecule has 0 spiro atoms. The Kier molecular flexibility index (Phi) is 4.70. The van der Waals surface area contributed by atoms with Gasteiger partial charge in [0.15, 0.2) is 18.2 Å². The van der Waals surface area contributed by atoms with Crippen molar-refractivity contribution in [3.63, 3.8) is 0 Å². The summed E-state index contributed by atoms with van der Waals surface area (Å²) < 4.78 is 6.76. The molecule has 0 aliphatic heterocycles. The van der Waals surface area contributed by atoms with Crippen LogP contribution in [-0.4, -0.2) is 33.1 Å². The van der Waals surface area contributed by atoms with Crippen LogP contribution in [0, 0.1) is 13.8 Å². The van der Waals surface area contributed by atoms with Gasteiger partial charge >= 0.3 is 5.97 Å². The van der Waals surface area contributed by atoms with Crippen molar-refractivity contribution in [3.8, 4) is 5.82 Å². The zero-order valence-electron chi connectivity index (χ0n) is 14.0. The predicted octanol–water partition coefficient (Wildman–Crippen LogP) is 2.92. The monoisotopic (exact) mass is 335 g/mol. The molecule has 0 N–H and O–H groups in total. The number of nitrogens with zero attached hydrogens (tertiary/aromatic N) is 3. The quantitative estimate of drug-likeness (QED) is 0.529. The summed E-state index contributed by atoms with van der Waals surface area (Å²) in [7, 11) is 0. The fraction of sp³-hybridized carbons (Fsp3) is 0.158. The zero-order chi connectivity index (χ0) is 17.8. The second kappa shape index (κ2) is 7.09. The van der Waals surface area contributed by atoms with Crippen molar-refractivity contribution < 1.29 is 14.3 Å². The molecule has 0 radical (unpaired) electrons. The Hall–Kier alpha value is -3.28. The van der Waals surface area contributed by atoms with Gasteiger partial charge in [-0.25, -0.2) is 14.5 Å². The molecule has 0 atom stereocenters. The Bertz CT molecular complexity index is 899. The smallest absolute Gasteiger partial charge is 0.340 e. The maximum absolute atomic E-state index is 12.1. The topological polar surface area (TPSA) is 74.1 Å². The molecule has 126 valence electrons. The minimum Gasteiger partial charge on any atom is -0.454 e. The van der Waals surface area contributed by atoms with Crippen LogP contribution in [0.1, 0.15) is 32.1 Å². The van der Waals surface area contributed by atoms with Crippen LogP contribution in [0.2, 0.25) is 0 Å². The molecule has 3 aromatic rings. The van der Waals surface area contributed by atoms with Gasteiger partial charge in [0.25, 0.3) is 0 Å². The Morgan fingerprint density at radius 2 is 1.80 bits per heavy atom. The number of Topliss-reactive ketones (excluding diaryl/α,β-unsaturated/α-hetero) is 1. The van der Waals surface area contributed by atoms with E-state index in [-0.39, 0.29) is 18.0 Å². The number of aromatic nitrogens is 3. The lowest BCUT2D eigenvalue weighted by Gasteiger charge is -2.06. The molecule has 0 aliphatic carbocycles. The van der Waals surface area contributed by atoms with Gasteiger partial charge in [0.2, 0.25) is 0 Å². The summed E-state index contributed by atoms with van der Waals surface area (Å²) in [5, 5.41) is 4.34. The molecule has 3 rings (SSSR count). The average molecular weight is 335 g/mol. The first-order valence-electron chi connectivity index (χ1n) is 7.79. The van der Waals surface area contributed by atoms with Crippen LogP contribution < -0.4 is 0 Å². The van der Waals surface area contributed by atoms with E-state index in [1.807, 2.05) is 26.0 Å². The Morgan fingerprint density at radius 3 is 2.40 bits per heavy atom. The summed E-state index contributed by atoms with van der Waals surface area (Å²) in [4.78, 5) is 28.3. The Balaban J connectivity index is 1.65. The summed E-state index contributed by atoms with van der Waals surface area (Å²) in [6.45, 7) is 3.53. The van der Waals surface area contributed by atoms with Gasteiger partial charge in [-0.1, -0.05) is 30.3 Å². The normalized spacial score (nSPS) is 10.5. The molecule has 0 saturated carbocycles. The number of aryl methyl sites for hydroxylation is 2. The molecule has 2 aromatic heterocycles. The number of ether oxygens (including phenoxy) is 1. The first-order chi connectivity index (χ1) is 12.0. The van der Waals surface area contributed by atoms with Gasteiger partial charge in [0, 0.05) is 17.5 Å². The second-order valence-corrected chi connectivity index (χ2v) is 5.61. The molecule has 0 bridgehead atoms. The third-order valence-corrected chi connectivity index (χ3v) is 3.64. The number of hydrogen-bond acceptors (Lipinski definition) is 5. The van der Waals surface area contributed by atoms with Crippen LogP contribution in [0.5, 0.6) is 0 Å². The molecular weight excluding hydrogens is 318 g/mol. The van der Waals surface area contributed by atoms with Crippen LogP contribution in [0.3, 0.4) is 0 Å². The molecular formula is C19H17N3O3. The number of hydrogen-bond donors (Lipinski definition) is 0. The van der Waals surface area contributed by atoms with Gasteiger partial charge in [-0.3, -0.25) is 4.79 Å². The van der Waals surface area contributed by atoms with Gasteiger partial charge < -0.3 is 4.74 Å². The Labute approximate surface area is 145 Å². The van der Waals surface area contributed by atoms with Crippen LogP contribution in [0.15, 0.2) is 54.7 Å². The molecule has 0 fully saturated rings. The molecule has 1 aromatic carbocycles. The van der Waals surface area contributed by atoms with Crippen LogP contribution in [-0.2, 0) is 4.74 Å². The van der Waals surface area contributed by atoms with E-state index in [1.54, 1.807) is 41.1 Å². The highest BCUT2D eigenvalue weighted by atomic mass is 16.5. The number of carbonyl (C=O) groups is 2. The first-order valence-corrected chi connectivity index (χ1v) is 7.79. The molecule has 6 nitrogen and oxygen atoms in total. The largest absolute Gasteiger partial charge is 0.454 e. The van der Waals surface area contributed by atoms with E-state index in [1.165, 1.54) is 6.20 Å². The zero-order valence-corrected chi connectivity index (χ0v) is 14.0. The molecule has 2 heterocycles. The number of pyridine rings is 1. The Morgan fingerprint density at radius 1 is 1.04 bits per heavy atom. The van der Waals surface area contributed by atoms with Gasteiger partial charge in [-0.15, -0.1) is 0 Å². The molecule has 6 heteroatoms. The van der Waals surface area contributed by atoms with Crippen LogP contribution >= 0.6 is 0 Å². The van der Waals surface area contributed by atoms with Gasteiger partial charge in [0.05, 0.1) is 11.3 Å². The summed E-state index contributed by atoms with van der Waals surface area (Å²) >= 11 is 0. The highest BCUT2D eigenvalue weighted by Gasteiger charge is 2.13. The average Bonchev–Trinajstić information content (AvgIpc) is 2.98. The summed E-state index contributed by atoms with van der Waals surface area (Å²) in [6.07, 6.45) is 1.42. The number of carbonyl (C=O) groups excluding carboxylic acids is 2. The van der Waals surface area contributed by atoms with E-state index in [0.717, 1.165) is 11.4 Å². The highest BCUT2D eigenvalue weighted by molar-refractivity contribution is 5.99. The van der Waals surface area contributed by atoms with Crippen molar-refractivity contribution in [3.05, 3.63) is 77.2 Å². The minimum atomic E-state index is -0.586. The molecule has 0 aliphatic rings. The standard InChI is InChI=1S/C19H17N3O3/c1-13-10-14(2)22(21-13)18-9-8-16(11-20-18)19(24)25-12-17(23)15-6-4-3-5-7-15/h3-11H,12H2,1-2H3. The van der Waals surface area contributed by atoms with Gasteiger partial charge in [-0.2, -0.15) is 5.10 Å². The summed E-state index contributed by atoms with van der Waals surface area (Å²) in [5.74, 6) is -0.222. The van der Waals surface area contributed by atoms with E-state index in [0.29, 0.717) is 11.4 Å². The number of rotatable bonds is 5. The molecule has 0 unspecified atom stereocenters. The van der Waals surface area contributed by atoms with Crippen molar-refractivity contribution in [2.24, 2.45) is 0 Å². The van der Waals surface area contributed by atoms with Crippen molar-refractivity contribution in [2.75, 3.05) is 6.61 Å². The van der Waals surface area contributed by atoms with Gasteiger partial charge in [-0.05, 0) is 32.0 Å². The van der Waals surface area contributed by atoms with Crippen molar-refractivity contribution >= 4 is 11.8 Å². The molecule has 0 saturated heterocycles. The van der Waals surface area contributed by atoms with E-state index >= 15 is 0 Å². The highest BCUT2D eigenvalue weighted by Crippen LogP contribution is 2.11. The second-order valence-electron chi connectivity index (χ2n) is 5.61. The van der Waals surface area contributed by atoms with E-state index < -0.39 is 5.97 Å². The van der Waals surface area contributed by atoms with Crippen LogP contribution in [0.25, 0.3) is 5.82 Å². The lowest BCUT2D eigenvalue weighted by molar-refractivity contribution is 0.0474. The fourth-order valence-electron chi connectivity index (χ4n) is 2.41. The first kappa shape index (κ1) is 16.6.